The van der Waals surface area contributed by atoms with Crippen LogP contribution >= 0.6 is 11.3 Å². The maximum atomic E-state index is 13.3. The Hall–Kier alpha value is -3.98. The van der Waals surface area contributed by atoms with Gasteiger partial charge in [0.15, 0.2) is 5.54 Å². The van der Waals surface area contributed by atoms with Gasteiger partial charge in [-0.15, -0.1) is 11.3 Å². The fourth-order valence-electron chi connectivity index (χ4n) is 4.77. The molecule has 2 aliphatic rings. The monoisotopic (exact) mass is 486 g/mol. The highest BCUT2D eigenvalue weighted by Gasteiger charge is 2.52. The van der Waals surface area contributed by atoms with E-state index in [0.29, 0.717) is 24.3 Å². The van der Waals surface area contributed by atoms with E-state index in [1.165, 1.54) is 0 Å². The number of urea groups is 1. The second-order valence-electron chi connectivity index (χ2n) is 8.99. The number of rotatable bonds is 4. The lowest BCUT2D eigenvalue weighted by molar-refractivity contribution is -0.134. The number of carbonyl (C=O) groups excluding carboxylic acids is 3. The normalized spacial score (nSPS) is 19.5. The summed E-state index contributed by atoms with van der Waals surface area (Å²) in [7, 11) is 0. The number of amides is 4. The Labute approximate surface area is 205 Å². The fourth-order valence-corrected chi connectivity index (χ4v) is 5.39. The molecule has 2 aromatic heterocycles. The van der Waals surface area contributed by atoms with E-state index in [4.69, 9.17) is 4.42 Å². The van der Waals surface area contributed by atoms with Gasteiger partial charge in [-0.2, -0.15) is 0 Å². The number of furan rings is 1. The molecule has 1 atom stereocenters. The van der Waals surface area contributed by atoms with Gasteiger partial charge in [0.2, 0.25) is 5.91 Å². The zero-order valence-corrected chi connectivity index (χ0v) is 20.0. The van der Waals surface area contributed by atoms with Gasteiger partial charge in [-0.1, -0.05) is 24.3 Å². The summed E-state index contributed by atoms with van der Waals surface area (Å²) in [5.74, 6) is -0.481. The van der Waals surface area contributed by atoms with Crippen LogP contribution in [-0.4, -0.2) is 40.8 Å². The number of benzene rings is 2. The van der Waals surface area contributed by atoms with Crippen molar-refractivity contribution in [2.24, 2.45) is 0 Å². The van der Waals surface area contributed by atoms with Crippen LogP contribution in [0.25, 0.3) is 22.2 Å². The van der Waals surface area contributed by atoms with Crippen molar-refractivity contribution in [3.8, 4) is 11.3 Å². The smallest absolute Gasteiger partial charge is 0.325 e. The molecule has 8 nitrogen and oxygen atoms in total. The topological polar surface area (TPSA) is 95.8 Å². The van der Waals surface area contributed by atoms with E-state index >= 15 is 0 Å². The van der Waals surface area contributed by atoms with Crippen molar-refractivity contribution in [2.45, 2.75) is 25.8 Å². The minimum atomic E-state index is -1.38. The number of anilines is 1. The van der Waals surface area contributed by atoms with Crippen molar-refractivity contribution in [1.29, 1.82) is 0 Å². The average molecular weight is 487 g/mol. The predicted octanol–water partition coefficient (Wildman–Crippen LogP) is 4.22. The molecule has 1 saturated heterocycles. The molecule has 2 aliphatic heterocycles. The summed E-state index contributed by atoms with van der Waals surface area (Å²) in [5, 5.41) is 6.57. The molecule has 4 aromatic rings. The molecule has 4 heterocycles. The minimum Gasteiger partial charge on any atom is -0.458 e. The fraction of sp³-hybridized carbons (Fsp3) is 0.231. The number of para-hydroxylation sites is 1. The molecule has 35 heavy (non-hydrogen) atoms. The Balaban J connectivity index is 1.22. The summed E-state index contributed by atoms with van der Waals surface area (Å²) < 4.78 is 5.86. The SMILES string of the molecule is Cc1nc(-c2ccc3c(c2)CCN3C(=O)CN2C(=O)N[C@@](C)(c3cc4ccccc4o3)C2=O)cs1. The zero-order chi connectivity index (χ0) is 24.3. The van der Waals surface area contributed by atoms with E-state index in [2.05, 4.69) is 16.4 Å². The predicted molar refractivity (Wildman–Crippen MR) is 132 cm³/mol. The highest BCUT2D eigenvalue weighted by atomic mass is 32.1. The van der Waals surface area contributed by atoms with Gasteiger partial charge in [-0.25, -0.2) is 9.78 Å². The molecule has 1 fully saturated rings. The van der Waals surface area contributed by atoms with Crippen molar-refractivity contribution in [1.82, 2.24) is 15.2 Å². The third-order valence-electron chi connectivity index (χ3n) is 6.68. The Morgan fingerprint density at radius 3 is 2.80 bits per heavy atom. The third kappa shape index (κ3) is 3.42. The quantitative estimate of drug-likeness (QED) is 0.436. The standard InChI is InChI=1S/C26H22N4O4S/c1-15-27-19(14-35-15)16-7-8-20-17(11-16)9-10-29(20)23(31)13-30-24(32)26(2,28-25(30)33)22-12-18-5-3-4-6-21(18)34-22/h3-8,11-12,14H,9-10,13H2,1-2H3,(H,28,33)/t26-/m0/s1. The summed E-state index contributed by atoms with van der Waals surface area (Å²) >= 11 is 1.60. The lowest BCUT2D eigenvalue weighted by Gasteiger charge is -2.22. The van der Waals surface area contributed by atoms with Crippen molar-refractivity contribution < 1.29 is 18.8 Å². The number of hydrogen-bond acceptors (Lipinski definition) is 6. The van der Waals surface area contributed by atoms with Crippen molar-refractivity contribution in [3.63, 3.8) is 0 Å². The van der Waals surface area contributed by atoms with Crippen LogP contribution in [0, 0.1) is 6.92 Å². The summed E-state index contributed by atoms with van der Waals surface area (Å²) in [6.45, 7) is 3.73. The van der Waals surface area contributed by atoms with Gasteiger partial charge in [-0.05, 0) is 50.1 Å². The van der Waals surface area contributed by atoms with Gasteiger partial charge in [0.1, 0.15) is 17.9 Å². The highest BCUT2D eigenvalue weighted by Crippen LogP contribution is 2.35. The maximum absolute atomic E-state index is 13.3. The van der Waals surface area contributed by atoms with E-state index in [-0.39, 0.29) is 12.5 Å². The van der Waals surface area contributed by atoms with Crippen LogP contribution in [0.1, 0.15) is 23.3 Å². The molecule has 4 amide bonds. The van der Waals surface area contributed by atoms with Crippen LogP contribution in [0.4, 0.5) is 10.5 Å². The third-order valence-corrected chi connectivity index (χ3v) is 7.45. The molecular weight excluding hydrogens is 464 g/mol. The summed E-state index contributed by atoms with van der Waals surface area (Å²) in [5.41, 5.74) is 3.03. The molecular formula is C26H22N4O4S. The number of carbonyl (C=O) groups is 3. The average Bonchev–Trinajstić information content (AvgIpc) is 3.61. The first-order valence-electron chi connectivity index (χ1n) is 11.3. The van der Waals surface area contributed by atoms with E-state index in [1.807, 2.05) is 42.6 Å². The van der Waals surface area contributed by atoms with Gasteiger partial charge in [0.05, 0.1) is 10.7 Å². The number of nitrogens with zero attached hydrogens (tertiary/aromatic N) is 3. The second-order valence-corrected chi connectivity index (χ2v) is 10.0. The number of aromatic nitrogens is 1. The summed E-state index contributed by atoms with van der Waals surface area (Å²) in [6, 6.07) is 14.4. The molecule has 1 N–H and O–H groups in total. The lowest BCUT2D eigenvalue weighted by atomic mass is 9.99. The van der Waals surface area contributed by atoms with E-state index in [0.717, 1.165) is 37.8 Å². The van der Waals surface area contributed by atoms with Gasteiger partial charge >= 0.3 is 6.03 Å². The number of hydrogen-bond donors (Lipinski definition) is 1. The van der Waals surface area contributed by atoms with Crippen LogP contribution in [0.2, 0.25) is 0 Å². The molecule has 0 aliphatic carbocycles. The number of thiazole rings is 1. The number of nitrogens with one attached hydrogen (secondary N) is 1. The molecule has 6 rings (SSSR count). The Morgan fingerprint density at radius 2 is 2.03 bits per heavy atom. The van der Waals surface area contributed by atoms with Gasteiger partial charge < -0.3 is 14.6 Å². The number of aryl methyl sites for hydroxylation is 1. The van der Waals surface area contributed by atoms with Gasteiger partial charge in [-0.3, -0.25) is 14.5 Å². The van der Waals surface area contributed by atoms with Crippen molar-refractivity contribution >= 4 is 45.8 Å². The second kappa shape index (κ2) is 7.78. The van der Waals surface area contributed by atoms with Crippen LogP contribution in [0.3, 0.4) is 0 Å². The summed E-state index contributed by atoms with van der Waals surface area (Å²) in [6.07, 6.45) is 0.703. The maximum Gasteiger partial charge on any atom is 0.325 e. The van der Waals surface area contributed by atoms with Crippen LogP contribution in [-0.2, 0) is 21.5 Å². The number of imide groups is 1. The zero-order valence-electron chi connectivity index (χ0n) is 19.2. The molecule has 9 heteroatoms. The first kappa shape index (κ1) is 21.5. The molecule has 2 aromatic carbocycles. The van der Waals surface area contributed by atoms with Crippen molar-refractivity contribution in [3.05, 3.63) is 70.2 Å². The summed E-state index contributed by atoms with van der Waals surface area (Å²) in [4.78, 5) is 46.5. The van der Waals surface area contributed by atoms with Crippen LogP contribution < -0.4 is 10.2 Å². The van der Waals surface area contributed by atoms with Gasteiger partial charge in [0.25, 0.3) is 5.91 Å². The van der Waals surface area contributed by atoms with Gasteiger partial charge in [0, 0.05) is 28.6 Å². The first-order valence-corrected chi connectivity index (χ1v) is 12.2. The van der Waals surface area contributed by atoms with Crippen LogP contribution in [0.15, 0.2) is 58.3 Å². The molecule has 176 valence electrons. The van der Waals surface area contributed by atoms with E-state index in [1.54, 1.807) is 35.3 Å². The molecule has 0 bridgehead atoms. The molecule has 0 unspecified atom stereocenters. The largest absolute Gasteiger partial charge is 0.458 e. The van der Waals surface area contributed by atoms with Crippen LogP contribution in [0.5, 0.6) is 0 Å². The lowest BCUT2D eigenvalue weighted by Crippen LogP contribution is -2.44. The Kier molecular flexibility index (Phi) is 4.79. The molecule has 0 radical (unpaired) electrons. The van der Waals surface area contributed by atoms with E-state index in [9.17, 15) is 14.4 Å². The molecule has 0 saturated carbocycles. The highest BCUT2D eigenvalue weighted by molar-refractivity contribution is 7.09. The Bertz CT molecular complexity index is 1490. The minimum absolute atomic E-state index is 0.307. The van der Waals surface area contributed by atoms with Crippen molar-refractivity contribution in [2.75, 3.05) is 18.0 Å². The number of fused-ring (bicyclic) bond motifs is 2. The molecule has 0 spiro atoms. The Morgan fingerprint density at radius 1 is 1.20 bits per heavy atom. The van der Waals surface area contributed by atoms with E-state index < -0.39 is 17.5 Å². The first-order chi connectivity index (χ1) is 16.8.